The molecule has 12 heteroatoms. The van der Waals surface area contributed by atoms with Crippen LogP contribution < -0.4 is 15.0 Å². The Bertz CT molecular complexity index is 943. The molecule has 1 aliphatic rings. The molecule has 1 fully saturated rings. The van der Waals surface area contributed by atoms with Crippen LogP contribution in [0.15, 0.2) is 42.6 Å². The second-order valence-corrected chi connectivity index (χ2v) is 7.87. The van der Waals surface area contributed by atoms with Gasteiger partial charge >= 0.3 is 6.18 Å². The summed E-state index contributed by atoms with van der Waals surface area (Å²) in [6.45, 7) is 3.16. The Hall–Kier alpha value is -2.76. The minimum atomic E-state index is -4.37. The number of nitrogens with zero attached hydrogens (tertiary/aromatic N) is 4. The number of ether oxygens (including phenoxy) is 1. The van der Waals surface area contributed by atoms with Gasteiger partial charge in [-0.25, -0.2) is 10.0 Å². The molecular formula is C23H31ClF3N5O3. The molecule has 0 bridgehead atoms. The number of hydrogen-bond acceptors (Lipinski definition) is 7. The molecular weight excluding hydrogens is 487 g/mol. The van der Waals surface area contributed by atoms with Crippen LogP contribution in [-0.4, -0.2) is 87.1 Å². The number of rotatable bonds is 10. The van der Waals surface area contributed by atoms with Gasteiger partial charge in [0.25, 0.3) is 5.91 Å². The summed E-state index contributed by atoms with van der Waals surface area (Å²) in [7, 11) is 2.97. The van der Waals surface area contributed by atoms with E-state index in [0.29, 0.717) is 36.7 Å². The fraction of sp³-hybridized carbons (Fsp3) is 0.478. The summed E-state index contributed by atoms with van der Waals surface area (Å²) in [5.41, 5.74) is 1.12. The molecule has 2 heterocycles. The molecule has 194 valence electrons. The van der Waals surface area contributed by atoms with Crippen molar-refractivity contribution >= 4 is 29.8 Å². The van der Waals surface area contributed by atoms with Crippen molar-refractivity contribution in [2.45, 2.75) is 12.6 Å². The van der Waals surface area contributed by atoms with Gasteiger partial charge < -0.3 is 15.0 Å². The highest BCUT2D eigenvalue weighted by molar-refractivity contribution is 5.97. The number of carbonyl (C=O) groups excluding carboxylic acids is 1. The first-order valence-electron chi connectivity index (χ1n) is 11.1. The second-order valence-electron chi connectivity index (χ2n) is 7.87. The van der Waals surface area contributed by atoms with E-state index in [1.807, 2.05) is 0 Å². The van der Waals surface area contributed by atoms with Crippen molar-refractivity contribution in [3.8, 4) is 5.75 Å². The maximum atomic E-state index is 12.6. The minimum absolute atomic E-state index is 0. The first-order chi connectivity index (χ1) is 16.3. The van der Waals surface area contributed by atoms with E-state index in [4.69, 9.17) is 9.57 Å². The molecule has 1 aromatic carbocycles. The van der Waals surface area contributed by atoms with E-state index in [1.54, 1.807) is 49.6 Å². The van der Waals surface area contributed by atoms with Crippen LogP contribution in [0.5, 0.6) is 5.75 Å². The summed E-state index contributed by atoms with van der Waals surface area (Å²) >= 11 is 0. The second kappa shape index (κ2) is 13.4. The van der Waals surface area contributed by atoms with E-state index in [9.17, 15) is 18.0 Å². The summed E-state index contributed by atoms with van der Waals surface area (Å²) in [5, 5.41) is 4.37. The van der Waals surface area contributed by atoms with Gasteiger partial charge in [-0.05, 0) is 37.2 Å². The van der Waals surface area contributed by atoms with Crippen LogP contribution in [0.1, 0.15) is 16.8 Å². The van der Waals surface area contributed by atoms with Crippen LogP contribution in [0.4, 0.5) is 24.7 Å². The summed E-state index contributed by atoms with van der Waals surface area (Å²) in [6.07, 6.45) is -1.90. The zero-order valence-electron chi connectivity index (χ0n) is 19.8. The van der Waals surface area contributed by atoms with E-state index in [2.05, 4.69) is 20.1 Å². The van der Waals surface area contributed by atoms with Crippen LogP contribution in [-0.2, 0) is 4.84 Å². The molecule has 1 aliphatic heterocycles. The first kappa shape index (κ1) is 28.5. The van der Waals surface area contributed by atoms with Crippen molar-refractivity contribution in [1.82, 2.24) is 14.9 Å². The zero-order chi connectivity index (χ0) is 24.6. The number of pyridine rings is 1. The molecule has 8 nitrogen and oxygen atoms in total. The average Bonchev–Trinajstić information content (AvgIpc) is 2.85. The lowest BCUT2D eigenvalue weighted by Crippen LogP contribution is -2.47. The van der Waals surface area contributed by atoms with Crippen LogP contribution in [0.2, 0.25) is 0 Å². The largest absolute Gasteiger partial charge is 0.482 e. The third-order valence-electron chi connectivity index (χ3n) is 5.51. The number of hydroxylamine groups is 2. The Labute approximate surface area is 209 Å². The molecule has 0 spiro atoms. The van der Waals surface area contributed by atoms with Crippen LogP contribution in [0, 0.1) is 0 Å². The standard InChI is InChI=1S/C23H30F3N5O3.ClH/c1-29(33-2)22(32)18-7-5-10-27-21(18)28-11-6-12-30-13-15-31(16-14-30)19-8-3-4-9-20(19)34-17-23(24,25)26;/h3-5,7-10H,6,11-17H2,1-2H3,(H,27,28);1H. The molecule has 1 saturated heterocycles. The highest BCUT2D eigenvalue weighted by Crippen LogP contribution is 2.30. The van der Waals surface area contributed by atoms with E-state index < -0.39 is 12.8 Å². The van der Waals surface area contributed by atoms with Crippen molar-refractivity contribution < 1.29 is 27.5 Å². The molecule has 35 heavy (non-hydrogen) atoms. The number of nitrogens with one attached hydrogen (secondary N) is 1. The van der Waals surface area contributed by atoms with Gasteiger partial charge in [0.05, 0.1) is 18.4 Å². The van der Waals surface area contributed by atoms with E-state index >= 15 is 0 Å². The summed E-state index contributed by atoms with van der Waals surface area (Å²) < 4.78 is 42.7. The van der Waals surface area contributed by atoms with Gasteiger partial charge in [0.1, 0.15) is 11.6 Å². The fourth-order valence-electron chi connectivity index (χ4n) is 3.69. The van der Waals surface area contributed by atoms with Crippen LogP contribution in [0.3, 0.4) is 0 Å². The lowest BCUT2D eigenvalue weighted by Gasteiger charge is -2.36. The normalized spacial score (nSPS) is 14.3. The fourth-order valence-corrected chi connectivity index (χ4v) is 3.69. The minimum Gasteiger partial charge on any atom is -0.482 e. The van der Waals surface area contributed by atoms with Gasteiger partial charge in [-0.2, -0.15) is 13.2 Å². The summed E-state index contributed by atoms with van der Waals surface area (Å²) in [5.74, 6) is 0.475. The topological polar surface area (TPSA) is 70.2 Å². The van der Waals surface area contributed by atoms with Crippen molar-refractivity contribution in [2.75, 3.05) is 70.2 Å². The Morgan fingerprint density at radius 3 is 2.54 bits per heavy atom. The van der Waals surface area contributed by atoms with Crippen molar-refractivity contribution in [2.24, 2.45) is 0 Å². The van der Waals surface area contributed by atoms with Crippen LogP contribution in [0.25, 0.3) is 0 Å². The Morgan fingerprint density at radius 2 is 1.86 bits per heavy atom. The van der Waals surface area contributed by atoms with Gasteiger partial charge in [0.15, 0.2) is 6.61 Å². The third-order valence-corrected chi connectivity index (χ3v) is 5.51. The molecule has 1 aromatic heterocycles. The lowest BCUT2D eigenvalue weighted by molar-refractivity contribution is -0.153. The van der Waals surface area contributed by atoms with Gasteiger partial charge in [-0.1, -0.05) is 12.1 Å². The highest BCUT2D eigenvalue weighted by Gasteiger charge is 2.29. The Kier molecular flexibility index (Phi) is 10.9. The number of anilines is 2. The third kappa shape index (κ3) is 8.44. The van der Waals surface area contributed by atoms with Gasteiger partial charge in [0.2, 0.25) is 0 Å². The number of benzene rings is 1. The van der Waals surface area contributed by atoms with Gasteiger partial charge in [0, 0.05) is 46.0 Å². The molecule has 3 rings (SSSR count). The zero-order valence-corrected chi connectivity index (χ0v) is 20.6. The predicted molar refractivity (Wildman–Crippen MR) is 130 cm³/mol. The quantitative estimate of drug-likeness (QED) is 0.380. The molecule has 0 unspecified atom stereocenters. The average molecular weight is 518 g/mol. The number of hydrogen-bond donors (Lipinski definition) is 1. The molecule has 0 atom stereocenters. The van der Waals surface area contributed by atoms with Gasteiger partial charge in [-0.3, -0.25) is 14.5 Å². The first-order valence-corrected chi connectivity index (χ1v) is 11.1. The molecule has 0 saturated carbocycles. The number of carbonyl (C=O) groups is 1. The maximum absolute atomic E-state index is 12.6. The van der Waals surface area contributed by atoms with Crippen molar-refractivity contribution in [1.29, 1.82) is 0 Å². The Balaban J connectivity index is 0.00000432. The smallest absolute Gasteiger partial charge is 0.422 e. The Morgan fingerprint density at radius 1 is 1.14 bits per heavy atom. The molecule has 1 amide bonds. The number of piperazine rings is 1. The maximum Gasteiger partial charge on any atom is 0.422 e. The number of aromatic nitrogens is 1. The van der Waals surface area contributed by atoms with E-state index in [-0.39, 0.29) is 24.1 Å². The number of halogens is 4. The lowest BCUT2D eigenvalue weighted by atomic mass is 10.2. The number of amides is 1. The van der Waals surface area contributed by atoms with Crippen molar-refractivity contribution in [3.05, 3.63) is 48.2 Å². The van der Waals surface area contributed by atoms with E-state index in [1.165, 1.54) is 7.11 Å². The van der Waals surface area contributed by atoms with Gasteiger partial charge in [-0.15, -0.1) is 12.4 Å². The monoisotopic (exact) mass is 517 g/mol. The molecule has 2 aromatic rings. The number of para-hydroxylation sites is 2. The molecule has 0 radical (unpaired) electrons. The SMILES string of the molecule is CON(C)C(=O)c1cccnc1NCCCN1CCN(c2ccccc2OCC(F)(F)F)CC1.Cl. The predicted octanol–water partition coefficient (Wildman–Crippen LogP) is 3.70. The summed E-state index contributed by atoms with van der Waals surface area (Å²) in [6, 6.07) is 10.2. The number of alkyl halides is 3. The van der Waals surface area contributed by atoms with Crippen LogP contribution >= 0.6 is 12.4 Å². The molecule has 1 N–H and O–H groups in total. The summed E-state index contributed by atoms with van der Waals surface area (Å²) in [4.78, 5) is 26.0. The van der Waals surface area contributed by atoms with Crippen molar-refractivity contribution in [3.63, 3.8) is 0 Å². The van der Waals surface area contributed by atoms with E-state index in [0.717, 1.165) is 31.1 Å². The molecule has 0 aliphatic carbocycles. The highest BCUT2D eigenvalue weighted by atomic mass is 35.5.